The Balaban J connectivity index is 2.23. The van der Waals surface area contributed by atoms with E-state index in [1.54, 1.807) is 0 Å². The van der Waals surface area contributed by atoms with Gasteiger partial charge in [-0.05, 0) is 24.6 Å². The molecule has 0 spiro atoms. The summed E-state index contributed by atoms with van der Waals surface area (Å²) in [4.78, 5) is 4.02. The molecule has 0 fully saturated rings. The van der Waals surface area contributed by atoms with Gasteiger partial charge in [0.05, 0.1) is 12.3 Å². The highest BCUT2D eigenvalue weighted by atomic mass is 19.2. The number of nitrogens with two attached hydrogens (primary N) is 1. The molecule has 0 aliphatic carbocycles. The largest absolute Gasteiger partial charge is 0.476 e. The van der Waals surface area contributed by atoms with E-state index in [-0.39, 0.29) is 17.5 Å². The van der Waals surface area contributed by atoms with Crippen LogP contribution in [0, 0.1) is 11.6 Å². The molecule has 20 heavy (non-hydrogen) atoms. The van der Waals surface area contributed by atoms with Gasteiger partial charge in [-0.25, -0.2) is 4.39 Å². The summed E-state index contributed by atoms with van der Waals surface area (Å²) >= 11 is 0. The number of aromatic nitrogens is 1. The van der Waals surface area contributed by atoms with Gasteiger partial charge in [0.1, 0.15) is 0 Å². The fraction of sp³-hybridized carbons (Fsp3) is 0.214. The maximum Gasteiger partial charge on any atom is 0.240 e. The van der Waals surface area contributed by atoms with Crippen molar-refractivity contribution in [2.75, 3.05) is 12.3 Å². The molecule has 0 saturated heterocycles. The van der Waals surface area contributed by atoms with Crippen LogP contribution in [-0.2, 0) is 0 Å². The lowest BCUT2D eigenvalue weighted by Gasteiger charge is -2.10. The smallest absolute Gasteiger partial charge is 0.240 e. The summed E-state index contributed by atoms with van der Waals surface area (Å²) in [6, 6.07) is 6.65. The van der Waals surface area contributed by atoms with Gasteiger partial charge in [0.2, 0.25) is 17.6 Å². The second-order valence-electron chi connectivity index (χ2n) is 4.05. The van der Waals surface area contributed by atoms with Crippen LogP contribution in [0.25, 0.3) is 0 Å². The maximum atomic E-state index is 13.5. The van der Waals surface area contributed by atoms with Gasteiger partial charge in [-0.3, -0.25) is 0 Å². The first kappa shape index (κ1) is 14.0. The Bertz CT molecular complexity index is 606. The quantitative estimate of drug-likeness (QED) is 0.910. The van der Waals surface area contributed by atoms with Crippen molar-refractivity contribution in [2.45, 2.75) is 13.3 Å². The maximum absolute atomic E-state index is 13.5. The molecule has 0 aliphatic rings. The molecule has 2 aromatic rings. The first-order chi connectivity index (χ1) is 9.61. The lowest BCUT2D eigenvalue weighted by Crippen LogP contribution is -2.02. The van der Waals surface area contributed by atoms with Gasteiger partial charge in [-0.2, -0.15) is 9.37 Å². The van der Waals surface area contributed by atoms with E-state index in [1.165, 1.54) is 24.3 Å². The zero-order chi connectivity index (χ0) is 14.5. The van der Waals surface area contributed by atoms with Crippen molar-refractivity contribution in [3.8, 4) is 17.5 Å². The van der Waals surface area contributed by atoms with E-state index in [4.69, 9.17) is 15.2 Å². The van der Waals surface area contributed by atoms with Crippen molar-refractivity contribution in [1.82, 2.24) is 4.98 Å². The minimum absolute atomic E-state index is 0.0785. The van der Waals surface area contributed by atoms with E-state index in [9.17, 15) is 8.78 Å². The van der Waals surface area contributed by atoms with Gasteiger partial charge in [0, 0.05) is 6.07 Å². The fourth-order valence-electron chi connectivity index (χ4n) is 1.48. The number of nitrogens with zero attached hydrogens (tertiary/aromatic N) is 1. The van der Waals surface area contributed by atoms with Crippen LogP contribution in [0.5, 0.6) is 17.5 Å². The van der Waals surface area contributed by atoms with Crippen LogP contribution in [-0.4, -0.2) is 11.6 Å². The van der Waals surface area contributed by atoms with Gasteiger partial charge in [0.15, 0.2) is 11.6 Å². The zero-order valence-corrected chi connectivity index (χ0v) is 10.9. The molecule has 2 N–H and O–H groups in total. The van der Waals surface area contributed by atoms with Crippen LogP contribution in [0.2, 0.25) is 0 Å². The standard InChI is InChI=1S/C14H14F2N2O2/c1-2-8-19-14-10(17)6-7-12(18-14)20-11-5-3-4-9(15)13(11)16/h3-7H,2,8,17H2,1H3. The summed E-state index contributed by atoms with van der Waals surface area (Å²) < 4.78 is 37.1. The Morgan fingerprint density at radius 2 is 2.00 bits per heavy atom. The molecule has 1 heterocycles. The summed E-state index contributed by atoms with van der Waals surface area (Å²) in [5, 5.41) is 0. The van der Waals surface area contributed by atoms with Gasteiger partial charge < -0.3 is 15.2 Å². The van der Waals surface area contributed by atoms with E-state index < -0.39 is 11.6 Å². The first-order valence-electron chi connectivity index (χ1n) is 6.13. The lowest BCUT2D eigenvalue weighted by atomic mass is 10.3. The molecule has 0 aliphatic heterocycles. The second-order valence-corrected chi connectivity index (χ2v) is 4.05. The van der Waals surface area contributed by atoms with Crippen molar-refractivity contribution in [3.05, 3.63) is 42.0 Å². The SMILES string of the molecule is CCCOc1nc(Oc2cccc(F)c2F)ccc1N. The van der Waals surface area contributed by atoms with Crippen molar-refractivity contribution in [2.24, 2.45) is 0 Å². The molecule has 6 heteroatoms. The van der Waals surface area contributed by atoms with Crippen LogP contribution < -0.4 is 15.2 Å². The van der Waals surface area contributed by atoms with Crippen LogP contribution in [0.15, 0.2) is 30.3 Å². The number of anilines is 1. The predicted molar refractivity (Wildman–Crippen MR) is 70.9 cm³/mol. The summed E-state index contributed by atoms with van der Waals surface area (Å²) in [6.07, 6.45) is 0.796. The normalized spacial score (nSPS) is 10.3. The van der Waals surface area contributed by atoms with Gasteiger partial charge in [-0.1, -0.05) is 13.0 Å². The topological polar surface area (TPSA) is 57.4 Å². The molecule has 4 nitrogen and oxygen atoms in total. The third-order valence-corrected chi connectivity index (χ3v) is 2.44. The predicted octanol–water partition coefficient (Wildman–Crippen LogP) is 3.52. The van der Waals surface area contributed by atoms with Crippen LogP contribution in [0.3, 0.4) is 0 Å². The Hall–Kier alpha value is -2.37. The monoisotopic (exact) mass is 280 g/mol. The van der Waals surface area contributed by atoms with Crippen molar-refractivity contribution in [3.63, 3.8) is 0 Å². The zero-order valence-electron chi connectivity index (χ0n) is 10.9. The molecule has 0 saturated carbocycles. The Labute approximate surface area is 115 Å². The van der Waals surface area contributed by atoms with Crippen molar-refractivity contribution in [1.29, 1.82) is 0 Å². The summed E-state index contributed by atoms with van der Waals surface area (Å²) in [5.41, 5.74) is 6.05. The molecular formula is C14H14F2N2O2. The number of rotatable bonds is 5. The number of pyridine rings is 1. The molecule has 0 unspecified atom stereocenters. The molecule has 1 aromatic carbocycles. The summed E-state index contributed by atoms with van der Waals surface area (Å²) in [6.45, 7) is 2.40. The van der Waals surface area contributed by atoms with Crippen LogP contribution in [0.4, 0.5) is 14.5 Å². The lowest BCUT2D eigenvalue weighted by molar-refractivity contribution is 0.301. The highest BCUT2D eigenvalue weighted by molar-refractivity contribution is 5.49. The number of halogens is 2. The minimum Gasteiger partial charge on any atom is -0.476 e. The van der Waals surface area contributed by atoms with Gasteiger partial charge in [-0.15, -0.1) is 0 Å². The third-order valence-electron chi connectivity index (χ3n) is 2.44. The average molecular weight is 280 g/mol. The molecule has 0 radical (unpaired) electrons. The third kappa shape index (κ3) is 3.14. The fourth-order valence-corrected chi connectivity index (χ4v) is 1.48. The average Bonchev–Trinajstić information content (AvgIpc) is 2.44. The van der Waals surface area contributed by atoms with E-state index >= 15 is 0 Å². The van der Waals surface area contributed by atoms with Gasteiger partial charge >= 0.3 is 0 Å². The van der Waals surface area contributed by atoms with Crippen molar-refractivity contribution >= 4 is 5.69 Å². The Morgan fingerprint density at radius 1 is 1.20 bits per heavy atom. The molecule has 0 atom stereocenters. The molecule has 106 valence electrons. The van der Waals surface area contributed by atoms with E-state index in [0.29, 0.717) is 12.3 Å². The highest BCUT2D eigenvalue weighted by Crippen LogP contribution is 2.28. The first-order valence-corrected chi connectivity index (χ1v) is 6.13. The van der Waals surface area contributed by atoms with E-state index in [0.717, 1.165) is 12.5 Å². The summed E-state index contributed by atoms with van der Waals surface area (Å²) in [5.74, 6) is -2.01. The number of hydrogen-bond donors (Lipinski definition) is 1. The number of nitrogen functional groups attached to an aromatic ring is 1. The molecular weight excluding hydrogens is 266 g/mol. The second kappa shape index (κ2) is 6.18. The highest BCUT2D eigenvalue weighted by Gasteiger charge is 2.12. The molecule has 1 aromatic heterocycles. The Kier molecular flexibility index (Phi) is 4.34. The van der Waals surface area contributed by atoms with Gasteiger partial charge in [0.25, 0.3) is 0 Å². The summed E-state index contributed by atoms with van der Waals surface area (Å²) in [7, 11) is 0. The van der Waals surface area contributed by atoms with E-state index in [1.807, 2.05) is 6.92 Å². The minimum atomic E-state index is -1.07. The van der Waals surface area contributed by atoms with Crippen molar-refractivity contribution < 1.29 is 18.3 Å². The Morgan fingerprint density at radius 3 is 2.75 bits per heavy atom. The number of benzene rings is 1. The number of hydrogen-bond acceptors (Lipinski definition) is 4. The van der Waals surface area contributed by atoms with Crippen LogP contribution in [0.1, 0.15) is 13.3 Å². The number of ether oxygens (including phenoxy) is 2. The molecule has 0 bridgehead atoms. The van der Waals surface area contributed by atoms with E-state index in [2.05, 4.69) is 4.98 Å². The molecule has 2 rings (SSSR count). The molecule has 0 amide bonds. The van der Waals surface area contributed by atoms with Crippen LogP contribution >= 0.6 is 0 Å².